The molecule has 1 atom stereocenters. The number of hydrogen-bond donors (Lipinski definition) is 0. The third-order valence-corrected chi connectivity index (χ3v) is 3.09. The van der Waals surface area contributed by atoms with Crippen molar-refractivity contribution in [3.8, 4) is 17.4 Å². The van der Waals surface area contributed by atoms with E-state index in [1.807, 2.05) is 0 Å². The van der Waals surface area contributed by atoms with Crippen LogP contribution in [-0.2, 0) is 11.0 Å². The molecule has 0 fully saturated rings. The van der Waals surface area contributed by atoms with Crippen LogP contribution < -0.4 is 44.1 Å². The number of carboxylic acid groups (broad SMARTS) is 1. The van der Waals surface area contributed by atoms with Crippen LogP contribution >= 0.6 is 11.6 Å². The van der Waals surface area contributed by atoms with Gasteiger partial charge >= 0.3 is 35.7 Å². The first kappa shape index (κ1) is 21.6. The average molecular weight is 384 g/mol. The Labute approximate surface area is 168 Å². The molecule has 128 valence electrons. The molecule has 0 saturated heterocycles. The van der Waals surface area contributed by atoms with Gasteiger partial charge < -0.3 is 19.4 Å². The molecule has 25 heavy (non-hydrogen) atoms. The van der Waals surface area contributed by atoms with Crippen LogP contribution in [0.5, 0.6) is 17.4 Å². The average Bonchev–Trinajstić information content (AvgIpc) is 2.50. The Morgan fingerprint density at radius 1 is 1.24 bits per heavy atom. The first-order valence-electron chi connectivity index (χ1n) is 6.55. The van der Waals surface area contributed by atoms with Crippen LogP contribution in [0.3, 0.4) is 0 Å². The van der Waals surface area contributed by atoms with Crippen molar-refractivity contribution in [1.29, 1.82) is 0 Å². The second-order valence-corrected chi connectivity index (χ2v) is 5.07. The predicted octanol–water partition coefficient (Wildman–Crippen LogP) is 0.0673. The Hall–Kier alpha value is -1.48. The number of carbonyl (C=O) groups excluding carboxylic acids is 1. The summed E-state index contributed by atoms with van der Waals surface area (Å²) in [6.45, 7) is 1.31. The molecule has 5 nitrogen and oxygen atoms in total. The van der Waals surface area contributed by atoms with E-state index in [1.165, 1.54) is 31.2 Å². The van der Waals surface area contributed by atoms with Gasteiger partial charge in [0.2, 0.25) is 5.88 Å². The van der Waals surface area contributed by atoms with Crippen molar-refractivity contribution < 1.29 is 62.1 Å². The van der Waals surface area contributed by atoms with Crippen LogP contribution in [0.4, 0.5) is 13.2 Å². The monoisotopic (exact) mass is 383 g/mol. The maximum atomic E-state index is 12.5. The fourth-order valence-electron chi connectivity index (χ4n) is 1.61. The Balaban J connectivity index is 0.00000312. The molecule has 2 aromatic rings. The number of halogens is 4. The standard InChI is InChI=1S/C15H11ClF3NO4.Na/c1-8(14(21)22)23-10-2-4-11(5-3-10)24-13-12(16)6-9(7-20-13)15(17,18)19;/h2-8H,1H3,(H,21,22);/q;+1/p-1. The maximum absolute atomic E-state index is 12.5. The van der Waals surface area contributed by atoms with Gasteiger partial charge in [0.15, 0.2) is 0 Å². The van der Waals surface area contributed by atoms with Crippen molar-refractivity contribution in [3.05, 3.63) is 47.1 Å². The molecular weight excluding hydrogens is 374 g/mol. The number of ether oxygens (including phenoxy) is 2. The number of nitrogens with zero attached hydrogens (tertiary/aromatic N) is 1. The number of aliphatic carboxylic acids is 1. The fourth-order valence-corrected chi connectivity index (χ4v) is 1.81. The van der Waals surface area contributed by atoms with Crippen molar-refractivity contribution in [2.45, 2.75) is 19.2 Å². The molecular formula is C15H10ClF3NNaO4. The molecule has 0 bridgehead atoms. The number of alkyl halides is 3. The summed E-state index contributed by atoms with van der Waals surface area (Å²) in [5, 5.41) is 10.3. The Bertz CT molecular complexity index is 741. The molecule has 0 radical (unpaired) electrons. The number of carboxylic acids is 1. The SMILES string of the molecule is CC(Oc1ccc(Oc2ncc(C(F)(F)F)cc2Cl)cc1)C(=O)[O-].[Na+]. The summed E-state index contributed by atoms with van der Waals surface area (Å²) >= 11 is 5.74. The van der Waals surface area contributed by atoms with E-state index in [0.717, 1.165) is 0 Å². The smallest absolute Gasteiger partial charge is 0.546 e. The van der Waals surface area contributed by atoms with Crippen molar-refractivity contribution in [1.82, 2.24) is 4.98 Å². The first-order chi connectivity index (χ1) is 11.2. The summed E-state index contributed by atoms with van der Waals surface area (Å²) in [5.74, 6) is -1.07. The normalized spacial score (nSPS) is 12.0. The van der Waals surface area contributed by atoms with E-state index >= 15 is 0 Å². The summed E-state index contributed by atoms with van der Waals surface area (Å²) in [4.78, 5) is 14.1. The van der Waals surface area contributed by atoms with E-state index in [0.29, 0.717) is 12.3 Å². The van der Waals surface area contributed by atoms with Gasteiger partial charge in [0.1, 0.15) is 22.6 Å². The molecule has 1 heterocycles. The van der Waals surface area contributed by atoms with Gasteiger partial charge in [-0.2, -0.15) is 13.2 Å². The summed E-state index contributed by atoms with van der Waals surface area (Å²) in [7, 11) is 0. The van der Waals surface area contributed by atoms with Gasteiger partial charge in [-0.15, -0.1) is 0 Å². The quantitative estimate of drug-likeness (QED) is 0.683. The van der Waals surface area contributed by atoms with Crippen molar-refractivity contribution in [2.75, 3.05) is 0 Å². The molecule has 0 N–H and O–H groups in total. The summed E-state index contributed by atoms with van der Waals surface area (Å²) < 4.78 is 48.0. The van der Waals surface area contributed by atoms with E-state index in [1.54, 1.807) is 0 Å². The van der Waals surface area contributed by atoms with Crippen LogP contribution in [0.2, 0.25) is 5.02 Å². The van der Waals surface area contributed by atoms with Crippen LogP contribution in [0.15, 0.2) is 36.5 Å². The van der Waals surface area contributed by atoms with Gasteiger partial charge in [-0.3, -0.25) is 0 Å². The van der Waals surface area contributed by atoms with E-state index < -0.39 is 23.8 Å². The van der Waals surface area contributed by atoms with Gasteiger partial charge in [0.25, 0.3) is 0 Å². The zero-order valence-electron chi connectivity index (χ0n) is 13.1. The molecule has 0 aliphatic heterocycles. The summed E-state index contributed by atoms with van der Waals surface area (Å²) in [6, 6.07) is 6.41. The molecule has 1 aromatic carbocycles. The molecule has 2 rings (SSSR count). The number of pyridine rings is 1. The van der Waals surface area contributed by atoms with E-state index in [2.05, 4.69) is 4.98 Å². The van der Waals surface area contributed by atoms with Crippen LogP contribution in [-0.4, -0.2) is 17.1 Å². The largest absolute Gasteiger partial charge is 1.00 e. The van der Waals surface area contributed by atoms with Crippen LogP contribution in [0.1, 0.15) is 12.5 Å². The fraction of sp³-hybridized carbons (Fsp3) is 0.200. The molecule has 0 saturated carbocycles. The molecule has 1 aromatic heterocycles. The van der Waals surface area contributed by atoms with Gasteiger partial charge in [-0.1, -0.05) is 11.6 Å². The summed E-state index contributed by atoms with van der Waals surface area (Å²) in [5.41, 5.74) is -0.986. The van der Waals surface area contributed by atoms with Crippen LogP contribution in [0, 0.1) is 0 Å². The topological polar surface area (TPSA) is 71.5 Å². The van der Waals surface area contributed by atoms with E-state index in [9.17, 15) is 23.1 Å². The minimum atomic E-state index is -4.55. The van der Waals surface area contributed by atoms with Gasteiger partial charge in [0, 0.05) is 6.20 Å². The first-order valence-corrected chi connectivity index (χ1v) is 6.93. The number of benzene rings is 1. The summed E-state index contributed by atoms with van der Waals surface area (Å²) in [6.07, 6.45) is -5.08. The van der Waals surface area contributed by atoms with Gasteiger partial charge in [-0.25, -0.2) is 4.98 Å². The Morgan fingerprint density at radius 2 is 1.80 bits per heavy atom. The number of hydrogen-bond acceptors (Lipinski definition) is 5. The van der Waals surface area contributed by atoms with E-state index in [-0.39, 0.29) is 52.0 Å². The van der Waals surface area contributed by atoms with E-state index in [4.69, 9.17) is 21.1 Å². The number of rotatable bonds is 5. The molecule has 0 amide bonds. The Kier molecular flexibility index (Phi) is 7.55. The van der Waals surface area contributed by atoms with Crippen molar-refractivity contribution in [3.63, 3.8) is 0 Å². The minimum Gasteiger partial charge on any atom is -0.546 e. The number of aromatic nitrogens is 1. The molecule has 0 aliphatic carbocycles. The minimum absolute atomic E-state index is 0. The zero-order chi connectivity index (χ0) is 17.9. The number of carbonyl (C=O) groups is 1. The molecule has 1 unspecified atom stereocenters. The van der Waals surface area contributed by atoms with Crippen molar-refractivity contribution in [2.24, 2.45) is 0 Å². The second kappa shape index (κ2) is 8.75. The zero-order valence-corrected chi connectivity index (χ0v) is 15.9. The van der Waals surface area contributed by atoms with Gasteiger partial charge in [-0.05, 0) is 37.3 Å². The third-order valence-electron chi connectivity index (χ3n) is 2.82. The molecule has 10 heteroatoms. The third kappa shape index (κ3) is 6.07. The maximum Gasteiger partial charge on any atom is 1.00 e. The van der Waals surface area contributed by atoms with Crippen LogP contribution in [0.25, 0.3) is 0 Å². The molecule has 0 aliphatic rings. The molecule has 0 spiro atoms. The second-order valence-electron chi connectivity index (χ2n) is 4.66. The van der Waals surface area contributed by atoms with Gasteiger partial charge in [0.05, 0.1) is 11.5 Å². The predicted molar refractivity (Wildman–Crippen MR) is 75.9 cm³/mol. The van der Waals surface area contributed by atoms with Crippen molar-refractivity contribution >= 4 is 17.6 Å². The Morgan fingerprint density at radius 3 is 2.28 bits per heavy atom.